The van der Waals surface area contributed by atoms with Gasteiger partial charge in [0.05, 0.1) is 0 Å². The maximum atomic E-state index is 11.7. The first-order valence-electron chi connectivity index (χ1n) is 14.1. The van der Waals surface area contributed by atoms with Crippen LogP contribution in [0.5, 0.6) is 23.0 Å². The monoisotopic (exact) mass is 670 g/mol. The molecule has 0 fully saturated rings. The average molecular weight is 671 g/mol. The number of esters is 4. The lowest BCUT2D eigenvalue weighted by Crippen LogP contribution is -2.00. The lowest BCUT2D eigenvalue weighted by molar-refractivity contribution is -0.134. The Labute approximate surface area is 283 Å². The molecule has 0 bridgehead atoms. The molecule has 12 nitrogen and oxygen atoms in total. The van der Waals surface area contributed by atoms with E-state index < -0.39 is 23.9 Å². The molecule has 2 aromatic rings. The van der Waals surface area contributed by atoms with Crippen LogP contribution in [-0.2, 0) is 38.1 Å². The minimum atomic E-state index is -0.671. The smallest absolute Gasteiger partial charge is 0.338 e. The van der Waals surface area contributed by atoms with Crippen molar-refractivity contribution in [3.05, 3.63) is 147 Å². The van der Waals surface area contributed by atoms with Crippen molar-refractivity contribution in [3.63, 3.8) is 0 Å². The normalized spacial score (nSPS) is 11.0. The van der Waals surface area contributed by atoms with Crippen molar-refractivity contribution in [2.45, 2.75) is 20.8 Å². The Morgan fingerprint density at radius 2 is 0.816 bits per heavy atom. The maximum Gasteiger partial charge on any atom is 0.338 e. The van der Waals surface area contributed by atoms with E-state index in [0.29, 0.717) is 11.1 Å². The van der Waals surface area contributed by atoms with Crippen molar-refractivity contribution in [3.8, 4) is 23.0 Å². The van der Waals surface area contributed by atoms with Gasteiger partial charge in [-0.05, 0) is 56.2 Å². The summed E-state index contributed by atoms with van der Waals surface area (Å²) in [6.07, 6.45) is 13.2. The van der Waals surface area contributed by atoms with E-state index in [4.69, 9.17) is 37.9 Å². The summed E-state index contributed by atoms with van der Waals surface area (Å²) in [5.74, 6) is -1.67. The molecule has 0 heterocycles. The van der Waals surface area contributed by atoms with Crippen LogP contribution in [0.2, 0.25) is 0 Å². The summed E-state index contributed by atoms with van der Waals surface area (Å²) in [5.41, 5.74) is 1.94. The molecule has 0 amide bonds. The second-order valence-electron chi connectivity index (χ2n) is 9.50. The second kappa shape index (κ2) is 20.3. The van der Waals surface area contributed by atoms with E-state index in [1.165, 1.54) is 20.8 Å². The quantitative estimate of drug-likeness (QED) is 0.0515. The van der Waals surface area contributed by atoms with Crippen molar-refractivity contribution in [2.24, 2.45) is 0 Å². The third kappa shape index (κ3) is 14.4. The van der Waals surface area contributed by atoms with Crippen LogP contribution in [0.4, 0.5) is 0 Å². The van der Waals surface area contributed by atoms with E-state index in [1.54, 1.807) is 48.6 Å². The first kappa shape index (κ1) is 38.4. The lowest BCUT2D eigenvalue weighted by Gasteiger charge is -2.10. The maximum absolute atomic E-state index is 11.7. The van der Waals surface area contributed by atoms with E-state index in [9.17, 15) is 19.2 Å². The number of benzene rings is 2. The van der Waals surface area contributed by atoms with Gasteiger partial charge in [0.25, 0.3) is 0 Å². The summed E-state index contributed by atoms with van der Waals surface area (Å²) >= 11 is 0. The highest BCUT2D eigenvalue weighted by molar-refractivity contribution is 5.88. The zero-order chi connectivity index (χ0) is 36.2. The summed E-state index contributed by atoms with van der Waals surface area (Å²) in [6.45, 7) is 18.3. The number of carbonyl (C=O) groups is 4. The zero-order valence-electron chi connectivity index (χ0n) is 27.0. The van der Waals surface area contributed by atoms with E-state index in [-0.39, 0.29) is 39.7 Å². The number of ether oxygens (including phenoxy) is 8. The molecule has 0 aromatic heterocycles. The van der Waals surface area contributed by atoms with Gasteiger partial charge in [-0.3, -0.25) is 0 Å². The van der Waals surface area contributed by atoms with Gasteiger partial charge < -0.3 is 37.9 Å². The topological polar surface area (TPSA) is 142 Å². The number of hydrogen-bond acceptors (Lipinski definition) is 12. The van der Waals surface area contributed by atoms with Gasteiger partial charge in [0.15, 0.2) is 23.0 Å². The summed E-state index contributed by atoms with van der Waals surface area (Å²) in [5, 5.41) is 0. The third-order valence-corrected chi connectivity index (χ3v) is 5.33. The lowest BCUT2D eigenvalue weighted by atomic mass is 10.1. The largest absolute Gasteiger partial charge is 0.458 e. The van der Waals surface area contributed by atoms with Crippen molar-refractivity contribution in [2.75, 3.05) is 0 Å². The van der Waals surface area contributed by atoms with Gasteiger partial charge in [-0.2, -0.15) is 0 Å². The summed E-state index contributed by atoms with van der Waals surface area (Å²) < 4.78 is 41.8. The van der Waals surface area contributed by atoms with Gasteiger partial charge in [0, 0.05) is 22.8 Å². The minimum absolute atomic E-state index is 0.205. The van der Waals surface area contributed by atoms with Crippen LogP contribution in [-0.4, -0.2) is 23.9 Å². The fraction of sp³-hybridized carbons (Fsp3) is 0.0811. The summed E-state index contributed by atoms with van der Waals surface area (Å²) in [4.78, 5) is 46.2. The molecule has 49 heavy (non-hydrogen) atoms. The molecule has 0 spiro atoms. The Morgan fingerprint density at radius 1 is 0.490 bits per heavy atom. The fourth-order valence-corrected chi connectivity index (χ4v) is 2.95. The highest BCUT2D eigenvalue weighted by Crippen LogP contribution is 2.32. The van der Waals surface area contributed by atoms with Crippen LogP contribution < -0.4 is 18.9 Å². The molecule has 0 N–H and O–H groups in total. The van der Waals surface area contributed by atoms with E-state index in [1.807, 2.05) is 0 Å². The van der Waals surface area contributed by atoms with Gasteiger partial charge in [0.2, 0.25) is 0 Å². The standard InChI is InChI=1S/C37H34O12/c1-8-34(38)46-19-15-42-30-13-11-28(23-32(30)44-17-21-48-36(40)26(4)5)9-10-29-12-14-31(43-16-20-47-35(39)25(2)3)33(24-29)45-18-22-49-37(41)27(6)7/h8-24H,1-2,4,6H2,3,5,7H3/b10-9+,19-15+,20-16+,21-17+,22-18+. The molecule has 254 valence electrons. The van der Waals surface area contributed by atoms with Crippen molar-refractivity contribution in [1.82, 2.24) is 0 Å². The molecule has 0 unspecified atom stereocenters. The number of rotatable bonds is 18. The first-order chi connectivity index (χ1) is 23.4. The molecule has 0 aliphatic rings. The molecular weight excluding hydrogens is 636 g/mol. The highest BCUT2D eigenvalue weighted by Gasteiger charge is 2.08. The minimum Gasteiger partial charge on any atom is -0.458 e. The Kier molecular flexibility index (Phi) is 15.9. The van der Waals surface area contributed by atoms with Gasteiger partial charge in [-0.25, -0.2) is 19.2 Å². The summed E-state index contributed by atoms with van der Waals surface area (Å²) in [6, 6.07) is 9.90. The molecule has 12 heteroatoms. The van der Waals surface area contributed by atoms with Crippen LogP contribution in [0.15, 0.2) is 136 Å². The van der Waals surface area contributed by atoms with E-state index in [2.05, 4.69) is 26.3 Å². The number of hydrogen-bond donors (Lipinski definition) is 0. The fourth-order valence-electron chi connectivity index (χ4n) is 2.95. The summed E-state index contributed by atoms with van der Waals surface area (Å²) in [7, 11) is 0. The molecular formula is C37H34O12. The Bertz CT molecular complexity index is 1740. The molecule has 0 saturated heterocycles. The van der Waals surface area contributed by atoms with Crippen LogP contribution in [0.25, 0.3) is 12.2 Å². The second-order valence-corrected chi connectivity index (χ2v) is 9.50. The van der Waals surface area contributed by atoms with Gasteiger partial charge in [0.1, 0.15) is 50.1 Å². The van der Waals surface area contributed by atoms with E-state index in [0.717, 1.165) is 56.2 Å². The Morgan fingerprint density at radius 3 is 1.14 bits per heavy atom. The zero-order valence-corrected chi connectivity index (χ0v) is 27.0. The molecule has 0 atom stereocenters. The Balaban J connectivity index is 2.33. The average Bonchev–Trinajstić information content (AvgIpc) is 3.08. The van der Waals surface area contributed by atoms with Gasteiger partial charge >= 0.3 is 23.9 Å². The molecule has 2 aromatic carbocycles. The third-order valence-electron chi connectivity index (χ3n) is 5.33. The van der Waals surface area contributed by atoms with Crippen molar-refractivity contribution >= 4 is 36.0 Å². The molecule has 0 aliphatic heterocycles. The van der Waals surface area contributed by atoms with Crippen molar-refractivity contribution in [1.29, 1.82) is 0 Å². The van der Waals surface area contributed by atoms with Gasteiger partial charge in [-0.15, -0.1) is 0 Å². The predicted molar refractivity (Wildman–Crippen MR) is 180 cm³/mol. The van der Waals surface area contributed by atoms with Crippen LogP contribution in [0.3, 0.4) is 0 Å². The van der Waals surface area contributed by atoms with Crippen LogP contribution in [0.1, 0.15) is 31.9 Å². The Hall–Kier alpha value is -6.82. The SMILES string of the molecule is C=CC(=O)O/C=C/Oc1ccc(/C=C/c2ccc(O/C=C/OC(=O)C(=C)C)c(O/C=C/OC(=O)C(=C)C)c2)cc1O/C=C/OC(=O)C(=C)C. The molecule has 0 aliphatic carbocycles. The molecule has 0 saturated carbocycles. The van der Waals surface area contributed by atoms with Gasteiger partial charge in [-0.1, -0.05) is 50.6 Å². The molecule has 0 radical (unpaired) electrons. The van der Waals surface area contributed by atoms with Crippen LogP contribution >= 0.6 is 0 Å². The van der Waals surface area contributed by atoms with E-state index >= 15 is 0 Å². The van der Waals surface area contributed by atoms with Crippen molar-refractivity contribution < 1.29 is 57.1 Å². The predicted octanol–water partition coefficient (Wildman–Crippen LogP) is 7.34. The van der Waals surface area contributed by atoms with Crippen LogP contribution in [0, 0.1) is 0 Å². The first-order valence-corrected chi connectivity index (χ1v) is 14.1. The highest BCUT2D eigenvalue weighted by atomic mass is 16.6. The number of carbonyl (C=O) groups excluding carboxylic acids is 4. The molecule has 2 rings (SSSR count).